The van der Waals surface area contributed by atoms with Crippen LogP contribution in [0.4, 0.5) is 5.69 Å². The summed E-state index contributed by atoms with van der Waals surface area (Å²) in [7, 11) is 3.04. The Morgan fingerprint density at radius 1 is 1.11 bits per heavy atom. The molecule has 2 fully saturated rings. The van der Waals surface area contributed by atoms with Crippen LogP contribution >= 0.6 is 15.9 Å². The van der Waals surface area contributed by atoms with E-state index in [4.69, 9.17) is 9.47 Å². The summed E-state index contributed by atoms with van der Waals surface area (Å²) in [5.74, 6) is 0.410. The van der Waals surface area contributed by atoms with Crippen LogP contribution in [-0.4, -0.2) is 47.3 Å². The quantitative estimate of drug-likeness (QED) is 0.326. The predicted octanol–water partition coefficient (Wildman–Crippen LogP) is 6.91. The number of aromatic hydroxyl groups is 1. The van der Waals surface area contributed by atoms with E-state index in [1.807, 2.05) is 22.8 Å². The fourth-order valence-electron chi connectivity index (χ4n) is 6.58. The molecule has 5 rings (SSSR count). The van der Waals surface area contributed by atoms with Crippen LogP contribution in [-0.2, 0) is 6.67 Å². The maximum atomic E-state index is 12.8. The summed E-state index contributed by atoms with van der Waals surface area (Å²) < 4.78 is 13.3. The molecule has 2 heterocycles. The Hall–Kier alpha value is -2.91. The molecule has 2 bridgehead atoms. The molecule has 37 heavy (non-hydrogen) atoms. The average molecular weight is 570 g/mol. The first-order valence-corrected chi connectivity index (χ1v) is 13.2. The van der Waals surface area contributed by atoms with E-state index in [-0.39, 0.29) is 17.0 Å². The summed E-state index contributed by atoms with van der Waals surface area (Å²) >= 11 is 3.52. The molecule has 0 spiro atoms. The van der Waals surface area contributed by atoms with Crippen LogP contribution in [0.15, 0.2) is 51.1 Å². The van der Waals surface area contributed by atoms with Gasteiger partial charge in [0.2, 0.25) is 5.88 Å². The summed E-state index contributed by atoms with van der Waals surface area (Å²) in [5, 5.41) is 20.2. The van der Waals surface area contributed by atoms with Crippen molar-refractivity contribution in [2.24, 2.45) is 21.1 Å². The molecule has 2 aliphatic rings. The molecule has 1 saturated carbocycles. The highest BCUT2D eigenvalue weighted by molar-refractivity contribution is 9.10. The van der Waals surface area contributed by atoms with Gasteiger partial charge in [-0.25, -0.2) is 0 Å². The molecule has 2 aromatic carbocycles. The van der Waals surface area contributed by atoms with Crippen molar-refractivity contribution in [1.29, 1.82) is 0 Å². The third-order valence-corrected chi connectivity index (χ3v) is 8.18. The normalized spacial score (nSPS) is 23.1. The molecule has 1 aromatic heterocycles. The van der Waals surface area contributed by atoms with Gasteiger partial charge in [-0.15, -0.1) is 10.2 Å². The molecule has 3 aromatic rings. The van der Waals surface area contributed by atoms with E-state index in [0.29, 0.717) is 35.2 Å². The maximum absolute atomic E-state index is 12.8. The smallest absolute Gasteiger partial charge is 0.295 e. The second kappa shape index (κ2) is 9.44. The molecule has 1 aliphatic carbocycles. The standard InChI is InChI=1S/C28H33BrN4O4/c1-27(2)12-19-13-28(3,14-27)15-32(19)16-33-21-8-7-18(29)11-20(21)24(26(33)35)30-31-25(34)17-6-9-22(36-4)23(10-17)37-5/h6-11,19,35H,12-16H2,1-5H3/t19-,28-/m0/s1. The largest absolute Gasteiger partial charge is 0.493 e. The number of carbonyl (C=O) groups excluding carboxylic acids is 1. The van der Waals surface area contributed by atoms with Crippen LogP contribution in [0.1, 0.15) is 50.4 Å². The predicted molar refractivity (Wildman–Crippen MR) is 146 cm³/mol. The first-order chi connectivity index (χ1) is 17.5. The van der Waals surface area contributed by atoms with Crippen molar-refractivity contribution in [3.8, 4) is 17.4 Å². The molecule has 0 radical (unpaired) electrons. The van der Waals surface area contributed by atoms with Gasteiger partial charge in [0.25, 0.3) is 5.91 Å². The molecule has 1 amide bonds. The van der Waals surface area contributed by atoms with Crippen LogP contribution < -0.4 is 9.47 Å². The first-order valence-electron chi connectivity index (χ1n) is 12.5. The van der Waals surface area contributed by atoms with Crippen molar-refractivity contribution in [2.75, 3.05) is 20.8 Å². The van der Waals surface area contributed by atoms with E-state index in [0.717, 1.165) is 28.3 Å². The van der Waals surface area contributed by atoms with Gasteiger partial charge in [-0.1, -0.05) is 36.7 Å². The van der Waals surface area contributed by atoms with Crippen molar-refractivity contribution >= 4 is 38.4 Å². The van der Waals surface area contributed by atoms with Gasteiger partial charge in [-0.05, 0) is 66.5 Å². The summed E-state index contributed by atoms with van der Waals surface area (Å²) in [4.78, 5) is 15.3. The van der Waals surface area contributed by atoms with Gasteiger partial charge in [-0.2, -0.15) is 0 Å². The second-order valence-electron chi connectivity index (χ2n) is 11.4. The second-order valence-corrected chi connectivity index (χ2v) is 12.4. The van der Waals surface area contributed by atoms with E-state index in [1.54, 1.807) is 18.2 Å². The van der Waals surface area contributed by atoms with Gasteiger partial charge in [0.1, 0.15) is 0 Å². The molecule has 8 nitrogen and oxygen atoms in total. The fraction of sp³-hybridized carbons (Fsp3) is 0.464. The number of fused-ring (bicyclic) bond motifs is 3. The SMILES string of the molecule is COc1ccc(C(=O)N=Nc2c(O)n(CN3C[C@@]4(C)C[C@@H]3CC(C)(C)C4)c3ccc(Br)cc23)cc1OC. The number of methoxy groups -OCH3 is 2. The molecule has 196 valence electrons. The fourth-order valence-corrected chi connectivity index (χ4v) is 6.94. The number of hydrogen-bond donors (Lipinski definition) is 1. The Bertz CT molecular complexity index is 1400. The minimum Gasteiger partial charge on any atom is -0.493 e. The summed E-state index contributed by atoms with van der Waals surface area (Å²) in [6.45, 7) is 8.64. The van der Waals surface area contributed by atoms with Gasteiger partial charge in [-0.3, -0.25) is 14.3 Å². The van der Waals surface area contributed by atoms with E-state index < -0.39 is 5.91 Å². The number of aromatic nitrogens is 1. The zero-order valence-electron chi connectivity index (χ0n) is 21.9. The summed E-state index contributed by atoms with van der Waals surface area (Å²) in [6, 6.07) is 11.1. The van der Waals surface area contributed by atoms with Gasteiger partial charge in [0, 0.05) is 28.0 Å². The molecule has 0 unspecified atom stereocenters. The Morgan fingerprint density at radius 3 is 2.59 bits per heavy atom. The average Bonchev–Trinajstić information content (AvgIpc) is 3.24. The molecule has 1 saturated heterocycles. The number of azo groups is 1. The van der Waals surface area contributed by atoms with Crippen LogP contribution in [0.25, 0.3) is 10.9 Å². The highest BCUT2D eigenvalue weighted by atomic mass is 79.9. The number of halogens is 1. The number of ether oxygens (including phenoxy) is 2. The molecule has 1 aliphatic heterocycles. The Morgan fingerprint density at radius 2 is 1.86 bits per heavy atom. The van der Waals surface area contributed by atoms with Crippen LogP contribution in [0, 0.1) is 10.8 Å². The van der Waals surface area contributed by atoms with Crippen molar-refractivity contribution in [3.05, 3.63) is 46.4 Å². The molecule has 1 N–H and O–H groups in total. The number of benzene rings is 2. The molecular formula is C28H33BrN4O4. The lowest BCUT2D eigenvalue weighted by Gasteiger charge is -2.40. The van der Waals surface area contributed by atoms with Crippen molar-refractivity contribution in [3.63, 3.8) is 0 Å². The van der Waals surface area contributed by atoms with Crippen molar-refractivity contribution < 1.29 is 19.4 Å². The molecule has 9 heteroatoms. The number of likely N-dealkylation sites (tertiary alicyclic amines) is 1. The highest BCUT2D eigenvalue weighted by Gasteiger charge is 2.49. The number of carbonyl (C=O) groups is 1. The number of amides is 1. The minimum absolute atomic E-state index is 0.00261. The zero-order chi connectivity index (χ0) is 26.5. The third kappa shape index (κ3) is 4.86. The number of rotatable bonds is 6. The van der Waals surface area contributed by atoms with Crippen molar-refractivity contribution in [2.45, 2.75) is 52.7 Å². The van der Waals surface area contributed by atoms with Crippen LogP contribution in [0.2, 0.25) is 0 Å². The lowest BCUT2D eigenvalue weighted by atomic mass is 9.65. The molecule has 2 atom stereocenters. The Kier molecular flexibility index (Phi) is 6.56. The number of nitrogens with zero attached hydrogens (tertiary/aromatic N) is 4. The molecular weight excluding hydrogens is 536 g/mol. The van der Waals surface area contributed by atoms with E-state index in [9.17, 15) is 9.90 Å². The topological polar surface area (TPSA) is 88.7 Å². The van der Waals surface area contributed by atoms with E-state index in [1.165, 1.54) is 27.1 Å². The van der Waals surface area contributed by atoms with E-state index >= 15 is 0 Å². The minimum atomic E-state index is -0.542. The monoisotopic (exact) mass is 568 g/mol. The Labute approximate surface area is 225 Å². The lowest BCUT2D eigenvalue weighted by Crippen LogP contribution is -2.35. The van der Waals surface area contributed by atoms with Crippen molar-refractivity contribution in [1.82, 2.24) is 9.47 Å². The Balaban J connectivity index is 1.47. The third-order valence-electron chi connectivity index (χ3n) is 7.69. The van der Waals surface area contributed by atoms with Gasteiger partial charge in [0.05, 0.1) is 26.4 Å². The van der Waals surface area contributed by atoms with Crippen LogP contribution in [0.5, 0.6) is 17.4 Å². The summed E-state index contributed by atoms with van der Waals surface area (Å²) in [5.41, 5.74) is 2.02. The number of hydrogen-bond acceptors (Lipinski definition) is 6. The van der Waals surface area contributed by atoms with E-state index in [2.05, 4.69) is 51.8 Å². The zero-order valence-corrected chi connectivity index (χ0v) is 23.5. The van der Waals surface area contributed by atoms with Gasteiger partial charge >= 0.3 is 0 Å². The first kappa shape index (κ1) is 25.7. The highest BCUT2D eigenvalue weighted by Crippen LogP contribution is 2.53. The van der Waals surface area contributed by atoms with Gasteiger partial charge in [0.15, 0.2) is 17.2 Å². The maximum Gasteiger partial charge on any atom is 0.295 e. The lowest BCUT2D eigenvalue weighted by molar-refractivity contribution is 0.0994. The van der Waals surface area contributed by atoms with Crippen LogP contribution in [0.3, 0.4) is 0 Å². The van der Waals surface area contributed by atoms with Gasteiger partial charge < -0.3 is 14.6 Å². The summed E-state index contributed by atoms with van der Waals surface area (Å²) in [6.07, 6.45) is 3.52.